The predicted molar refractivity (Wildman–Crippen MR) is 107 cm³/mol. The Morgan fingerprint density at radius 1 is 1.12 bits per heavy atom. The van der Waals surface area contributed by atoms with E-state index >= 15 is 0 Å². The minimum Gasteiger partial charge on any atom is -0.475 e. The van der Waals surface area contributed by atoms with Crippen LogP contribution in [0.15, 0.2) is 59.1 Å². The topological polar surface area (TPSA) is 32.8 Å². The zero-order valence-corrected chi connectivity index (χ0v) is 16.9. The number of nitrogens with zero attached hydrogens (tertiary/aromatic N) is 2. The molecule has 1 unspecified atom stereocenters. The van der Waals surface area contributed by atoms with Gasteiger partial charge in [-0.1, -0.05) is 42.5 Å². The smallest absolute Gasteiger partial charge is 0.268 e. The summed E-state index contributed by atoms with van der Waals surface area (Å²) in [6.07, 6.45) is 1.34. The van der Waals surface area contributed by atoms with Gasteiger partial charge in [0.15, 0.2) is 0 Å². The minimum atomic E-state index is -0.653. The van der Waals surface area contributed by atoms with Crippen molar-refractivity contribution >= 4 is 21.8 Å². The third-order valence-corrected chi connectivity index (χ3v) is 5.65. The fraction of sp³-hybridized carbons (Fsp3) is 0.381. The van der Waals surface area contributed by atoms with Gasteiger partial charge in [0.1, 0.15) is 5.75 Å². The SMILES string of the molecule is CN1CCC(N(C)C(=O)C(Oc2ccccc2Br)c2ccccc2)CC1. The molecule has 1 aliphatic rings. The molecule has 26 heavy (non-hydrogen) atoms. The van der Waals surface area contributed by atoms with Crippen molar-refractivity contribution in [3.63, 3.8) is 0 Å². The standard InChI is InChI=1S/C21H25BrN2O2/c1-23-14-12-17(13-15-23)24(2)21(25)20(16-8-4-3-5-9-16)26-19-11-7-6-10-18(19)22/h3-11,17,20H,12-15H2,1-2H3. The van der Waals surface area contributed by atoms with Crippen LogP contribution in [-0.2, 0) is 4.79 Å². The lowest BCUT2D eigenvalue weighted by molar-refractivity contribution is -0.140. The van der Waals surface area contributed by atoms with Crippen molar-refractivity contribution < 1.29 is 9.53 Å². The van der Waals surface area contributed by atoms with Crippen LogP contribution in [0.4, 0.5) is 0 Å². The molecule has 0 radical (unpaired) electrons. The molecule has 0 aliphatic carbocycles. The van der Waals surface area contributed by atoms with E-state index in [0.717, 1.165) is 36.0 Å². The van der Waals surface area contributed by atoms with Gasteiger partial charge in [-0.25, -0.2) is 0 Å². The number of likely N-dealkylation sites (tertiary alicyclic amines) is 1. The number of benzene rings is 2. The number of piperidine rings is 1. The number of rotatable bonds is 5. The Labute approximate surface area is 163 Å². The summed E-state index contributed by atoms with van der Waals surface area (Å²) >= 11 is 3.51. The molecule has 1 fully saturated rings. The molecule has 4 nitrogen and oxygen atoms in total. The molecule has 0 bridgehead atoms. The molecule has 2 aromatic rings. The summed E-state index contributed by atoms with van der Waals surface area (Å²) in [5.41, 5.74) is 0.869. The third kappa shape index (κ3) is 4.46. The van der Waals surface area contributed by atoms with E-state index in [1.807, 2.05) is 66.5 Å². The van der Waals surface area contributed by atoms with E-state index in [1.165, 1.54) is 0 Å². The van der Waals surface area contributed by atoms with Gasteiger partial charge in [0.25, 0.3) is 5.91 Å². The van der Waals surface area contributed by atoms with Crippen LogP contribution < -0.4 is 4.74 Å². The van der Waals surface area contributed by atoms with Gasteiger partial charge in [0, 0.05) is 18.7 Å². The van der Waals surface area contributed by atoms with Crippen LogP contribution in [0.25, 0.3) is 0 Å². The number of para-hydroxylation sites is 1. The number of carbonyl (C=O) groups is 1. The van der Waals surface area contributed by atoms with Gasteiger partial charge >= 0.3 is 0 Å². The number of amides is 1. The lowest BCUT2D eigenvalue weighted by Crippen LogP contribution is -2.46. The molecule has 1 heterocycles. The molecule has 1 amide bonds. The molecule has 5 heteroatoms. The second-order valence-corrected chi connectivity index (χ2v) is 7.68. The second-order valence-electron chi connectivity index (χ2n) is 6.82. The van der Waals surface area contributed by atoms with Crippen molar-refractivity contribution in [2.45, 2.75) is 25.0 Å². The quantitative estimate of drug-likeness (QED) is 0.734. The summed E-state index contributed by atoms with van der Waals surface area (Å²) in [6, 6.07) is 17.6. The molecule has 1 saturated heterocycles. The first-order valence-corrected chi connectivity index (χ1v) is 9.77. The highest BCUT2D eigenvalue weighted by Crippen LogP contribution is 2.31. The largest absolute Gasteiger partial charge is 0.475 e. The Kier molecular flexibility index (Phi) is 6.33. The van der Waals surface area contributed by atoms with Gasteiger partial charge in [-0.2, -0.15) is 0 Å². The predicted octanol–water partition coefficient (Wildman–Crippen LogP) is 4.12. The maximum atomic E-state index is 13.3. The number of likely N-dealkylation sites (N-methyl/N-ethyl adjacent to an activating group) is 1. The first-order valence-electron chi connectivity index (χ1n) is 8.97. The molecule has 1 atom stereocenters. The first-order chi connectivity index (χ1) is 12.6. The van der Waals surface area contributed by atoms with Crippen molar-refractivity contribution in [2.75, 3.05) is 27.2 Å². The van der Waals surface area contributed by atoms with Gasteiger partial charge in [-0.15, -0.1) is 0 Å². The van der Waals surface area contributed by atoms with Gasteiger partial charge in [0.05, 0.1) is 4.47 Å². The second kappa shape index (κ2) is 8.69. The molecule has 138 valence electrons. The molecule has 0 aromatic heterocycles. The lowest BCUT2D eigenvalue weighted by atomic mass is 10.0. The van der Waals surface area contributed by atoms with Crippen molar-refractivity contribution in [2.24, 2.45) is 0 Å². The maximum Gasteiger partial charge on any atom is 0.268 e. The van der Waals surface area contributed by atoms with Crippen LogP contribution in [0.2, 0.25) is 0 Å². The summed E-state index contributed by atoms with van der Waals surface area (Å²) in [7, 11) is 4.03. The monoisotopic (exact) mass is 416 g/mol. The minimum absolute atomic E-state index is 0.00139. The van der Waals surface area contributed by atoms with Crippen LogP contribution >= 0.6 is 15.9 Å². The highest BCUT2D eigenvalue weighted by molar-refractivity contribution is 9.10. The maximum absolute atomic E-state index is 13.3. The average molecular weight is 417 g/mol. The van der Waals surface area contributed by atoms with Gasteiger partial charge < -0.3 is 14.5 Å². The van der Waals surface area contributed by atoms with Gasteiger partial charge in [-0.3, -0.25) is 4.79 Å². The Balaban J connectivity index is 1.83. The Morgan fingerprint density at radius 2 is 1.73 bits per heavy atom. The summed E-state index contributed by atoms with van der Waals surface area (Å²) < 4.78 is 7.02. The van der Waals surface area contributed by atoms with Crippen LogP contribution in [0.3, 0.4) is 0 Å². The number of halogens is 1. The molecule has 0 spiro atoms. The molecule has 0 N–H and O–H groups in total. The van der Waals surface area contributed by atoms with Crippen molar-refractivity contribution in [3.8, 4) is 5.75 Å². The summed E-state index contributed by atoms with van der Waals surface area (Å²) in [5.74, 6) is 0.674. The Hall–Kier alpha value is -1.85. The Bertz CT molecular complexity index is 730. The molecular weight excluding hydrogens is 392 g/mol. The van der Waals surface area contributed by atoms with E-state index in [2.05, 4.69) is 27.9 Å². The number of ether oxygens (including phenoxy) is 1. The molecule has 2 aromatic carbocycles. The average Bonchev–Trinajstić information content (AvgIpc) is 2.67. The van der Waals surface area contributed by atoms with Crippen molar-refractivity contribution in [1.82, 2.24) is 9.80 Å². The fourth-order valence-electron chi connectivity index (χ4n) is 3.30. The number of hydrogen-bond acceptors (Lipinski definition) is 3. The Morgan fingerprint density at radius 3 is 2.38 bits per heavy atom. The summed E-state index contributed by atoms with van der Waals surface area (Å²) in [5, 5.41) is 0. The van der Waals surface area contributed by atoms with Crippen LogP contribution in [0.1, 0.15) is 24.5 Å². The molecule has 3 rings (SSSR count). The van der Waals surface area contributed by atoms with E-state index in [1.54, 1.807) is 0 Å². The number of hydrogen-bond donors (Lipinski definition) is 0. The van der Waals surface area contributed by atoms with E-state index in [-0.39, 0.29) is 11.9 Å². The molecule has 0 saturated carbocycles. The van der Waals surface area contributed by atoms with E-state index in [4.69, 9.17) is 4.74 Å². The normalized spacial score (nSPS) is 16.9. The summed E-state index contributed by atoms with van der Waals surface area (Å²) in [4.78, 5) is 17.5. The summed E-state index contributed by atoms with van der Waals surface area (Å²) in [6.45, 7) is 2.03. The third-order valence-electron chi connectivity index (χ3n) is 4.99. The van der Waals surface area contributed by atoms with E-state index in [0.29, 0.717) is 5.75 Å². The molecular formula is C21H25BrN2O2. The zero-order chi connectivity index (χ0) is 18.5. The molecule has 1 aliphatic heterocycles. The highest BCUT2D eigenvalue weighted by atomic mass is 79.9. The van der Waals surface area contributed by atoms with Gasteiger partial charge in [0.2, 0.25) is 6.10 Å². The van der Waals surface area contributed by atoms with Crippen molar-refractivity contribution in [3.05, 3.63) is 64.6 Å². The van der Waals surface area contributed by atoms with E-state index < -0.39 is 6.10 Å². The zero-order valence-electron chi connectivity index (χ0n) is 15.3. The van der Waals surface area contributed by atoms with Crippen LogP contribution in [-0.4, -0.2) is 48.9 Å². The van der Waals surface area contributed by atoms with Crippen LogP contribution in [0, 0.1) is 0 Å². The number of carbonyl (C=O) groups excluding carboxylic acids is 1. The van der Waals surface area contributed by atoms with Crippen molar-refractivity contribution in [1.29, 1.82) is 0 Å². The lowest BCUT2D eigenvalue weighted by Gasteiger charge is -2.36. The van der Waals surface area contributed by atoms with Crippen LogP contribution in [0.5, 0.6) is 5.75 Å². The van der Waals surface area contributed by atoms with E-state index in [9.17, 15) is 4.79 Å². The highest BCUT2D eigenvalue weighted by Gasteiger charge is 2.31. The fourth-order valence-corrected chi connectivity index (χ4v) is 3.68. The first kappa shape index (κ1) is 18.9. The van der Waals surface area contributed by atoms with Gasteiger partial charge in [-0.05, 0) is 61.0 Å².